The van der Waals surface area contributed by atoms with Crippen molar-refractivity contribution in [3.05, 3.63) is 35.9 Å². The molecule has 0 spiro atoms. The summed E-state index contributed by atoms with van der Waals surface area (Å²) in [6.45, 7) is 5.24. The zero-order valence-corrected chi connectivity index (χ0v) is 19.3. The van der Waals surface area contributed by atoms with E-state index < -0.39 is 29.6 Å². The highest BCUT2D eigenvalue weighted by molar-refractivity contribution is 7.99. The molecule has 0 aliphatic carbocycles. The van der Waals surface area contributed by atoms with Crippen LogP contribution in [0.25, 0.3) is 0 Å². The summed E-state index contributed by atoms with van der Waals surface area (Å²) in [7, 11) is 0. The van der Waals surface area contributed by atoms with Crippen molar-refractivity contribution in [2.75, 3.05) is 12.3 Å². The second kappa shape index (κ2) is 13.4. The maximum atomic E-state index is 12.7. The smallest absolute Gasteiger partial charge is 0.338 e. The summed E-state index contributed by atoms with van der Waals surface area (Å²) in [4.78, 5) is 35.8. The van der Waals surface area contributed by atoms with Gasteiger partial charge < -0.3 is 19.5 Å². The second-order valence-electron chi connectivity index (χ2n) is 7.61. The van der Waals surface area contributed by atoms with E-state index in [9.17, 15) is 14.4 Å². The van der Waals surface area contributed by atoms with E-state index in [2.05, 4.69) is 12.2 Å². The first-order chi connectivity index (χ1) is 14.9. The quantitative estimate of drug-likeness (QED) is 0.405. The van der Waals surface area contributed by atoms with E-state index in [-0.39, 0.29) is 12.0 Å². The summed E-state index contributed by atoms with van der Waals surface area (Å²) in [5.74, 6) is -0.251. The van der Waals surface area contributed by atoms with Gasteiger partial charge in [0.15, 0.2) is 6.10 Å². The van der Waals surface area contributed by atoms with E-state index in [1.54, 1.807) is 36.0 Å². The van der Waals surface area contributed by atoms with Crippen LogP contribution in [0.3, 0.4) is 0 Å². The van der Waals surface area contributed by atoms with E-state index in [0.717, 1.165) is 25.0 Å². The summed E-state index contributed by atoms with van der Waals surface area (Å²) < 4.78 is 17.5. The van der Waals surface area contributed by atoms with Gasteiger partial charge >= 0.3 is 11.9 Å². The molecule has 1 heterocycles. The van der Waals surface area contributed by atoms with Crippen molar-refractivity contribution < 1.29 is 28.6 Å². The number of unbranched alkanes of at least 4 members (excludes halogenated alkanes) is 3. The molecule has 0 bridgehead atoms. The van der Waals surface area contributed by atoms with Crippen LogP contribution >= 0.6 is 11.8 Å². The molecule has 0 radical (unpaired) electrons. The van der Waals surface area contributed by atoms with Crippen molar-refractivity contribution in [2.45, 2.75) is 76.6 Å². The third kappa shape index (κ3) is 8.91. The van der Waals surface area contributed by atoms with Gasteiger partial charge in [-0.3, -0.25) is 9.59 Å². The number of rotatable bonds is 11. The number of nitrogens with one attached hydrogen (secondary N) is 1. The number of benzene rings is 1. The highest BCUT2D eigenvalue weighted by Crippen LogP contribution is 2.33. The van der Waals surface area contributed by atoms with E-state index >= 15 is 0 Å². The van der Waals surface area contributed by atoms with E-state index in [0.29, 0.717) is 18.5 Å². The standard InChI is InChI=1S/C23H33NO6S/c1-4-5-6-10-13-31-23-21(30-22(27)18-11-8-7-9-12-18)20(28-17(3)26)14-19(29-23)15-24-16(2)25/h7-9,11-12,19-21,23H,4-6,10,13-15H2,1-3H3,(H,24,25)/t19-,20-,21-,23+/m0/s1. The van der Waals surface area contributed by atoms with Crippen molar-refractivity contribution in [1.82, 2.24) is 5.32 Å². The third-order valence-corrected chi connectivity index (χ3v) is 6.12. The predicted octanol–water partition coefficient (Wildman–Crippen LogP) is 3.71. The van der Waals surface area contributed by atoms with Crippen LogP contribution in [-0.4, -0.2) is 53.9 Å². The lowest BCUT2D eigenvalue weighted by molar-refractivity contribution is -0.176. The van der Waals surface area contributed by atoms with Crippen LogP contribution in [0.2, 0.25) is 0 Å². The Bertz CT molecular complexity index is 713. The fourth-order valence-electron chi connectivity index (χ4n) is 3.37. The average molecular weight is 452 g/mol. The van der Waals surface area contributed by atoms with Gasteiger partial charge in [0.05, 0.1) is 11.7 Å². The van der Waals surface area contributed by atoms with Gasteiger partial charge in [-0.25, -0.2) is 4.79 Å². The Labute approximate surface area is 188 Å². The Morgan fingerprint density at radius 1 is 1.10 bits per heavy atom. The van der Waals surface area contributed by atoms with Gasteiger partial charge in [0.25, 0.3) is 0 Å². The lowest BCUT2D eigenvalue weighted by Gasteiger charge is -2.40. The van der Waals surface area contributed by atoms with Crippen molar-refractivity contribution in [3.63, 3.8) is 0 Å². The van der Waals surface area contributed by atoms with Crippen LogP contribution in [0.1, 0.15) is 63.2 Å². The first kappa shape index (κ1) is 25.2. The summed E-state index contributed by atoms with van der Waals surface area (Å²) in [5.41, 5.74) is -0.0673. The van der Waals surface area contributed by atoms with Crippen molar-refractivity contribution in [1.29, 1.82) is 0 Å². The number of hydrogen-bond donors (Lipinski definition) is 1. The first-order valence-electron chi connectivity index (χ1n) is 10.9. The van der Waals surface area contributed by atoms with Crippen LogP contribution < -0.4 is 5.32 Å². The molecule has 1 saturated heterocycles. The largest absolute Gasteiger partial charge is 0.458 e. The first-order valence-corrected chi connectivity index (χ1v) is 11.9. The number of carbonyl (C=O) groups excluding carboxylic acids is 3. The highest BCUT2D eigenvalue weighted by atomic mass is 32.2. The molecular weight excluding hydrogens is 418 g/mol. The average Bonchev–Trinajstić information content (AvgIpc) is 2.74. The Kier molecular flexibility index (Phi) is 10.9. The van der Waals surface area contributed by atoms with Gasteiger partial charge in [-0.15, -0.1) is 11.8 Å². The predicted molar refractivity (Wildman–Crippen MR) is 120 cm³/mol. The fraction of sp³-hybridized carbons (Fsp3) is 0.609. The lowest BCUT2D eigenvalue weighted by Crippen LogP contribution is -2.53. The molecule has 1 N–H and O–H groups in total. The number of esters is 2. The highest BCUT2D eigenvalue weighted by Gasteiger charge is 2.43. The summed E-state index contributed by atoms with van der Waals surface area (Å²) in [5, 5.41) is 2.75. The molecule has 7 nitrogen and oxygen atoms in total. The minimum Gasteiger partial charge on any atom is -0.458 e. The molecule has 31 heavy (non-hydrogen) atoms. The van der Waals surface area contributed by atoms with E-state index in [4.69, 9.17) is 14.2 Å². The lowest BCUT2D eigenvalue weighted by atomic mass is 10.0. The molecule has 1 fully saturated rings. The maximum absolute atomic E-state index is 12.7. The van der Waals surface area contributed by atoms with E-state index in [1.165, 1.54) is 20.3 Å². The Hall–Kier alpha value is -2.06. The molecule has 0 saturated carbocycles. The van der Waals surface area contributed by atoms with Gasteiger partial charge in [0.1, 0.15) is 11.5 Å². The molecule has 1 amide bonds. The van der Waals surface area contributed by atoms with Gasteiger partial charge in [-0.2, -0.15) is 0 Å². The fourth-order valence-corrected chi connectivity index (χ4v) is 4.63. The number of amides is 1. The second-order valence-corrected chi connectivity index (χ2v) is 8.82. The molecule has 1 aliphatic rings. The molecular formula is C23H33NO6S. The van der Waals surface area contributed by atoms with Crippen molar-refractivity contribution in [2.24, 2.45) is 0 Å². The number of thioether (sulfide) groups is 1. The normalized spacial score (nSPS) is 23.1. The Morgan fingerprint density at radius 3 is 2.48 bits per heavy atom. The summed E-state index contributed by atoms with van der Waals surface area (Å²) in [6.07, 6.45) is 3.06. The molecule has 172 valence electrons. The number of carbonyl (C=O) groups is 3. The van der Waals surface area contributed by atoms with Crippen LogP contribution in [0.4, 0.5) is 0 Å². The molecule has 0 unspecified atom stereocenters. The van der Waals surface area contributed by atoms with E-state index in [1.807, 2.05) is 6.07 Å². The topological polar surface area (TPSA) is 90.9 Å². The summed E-state index contributed by atoms with van der Waals surface area (Å²) >= 11 is 1.56. The van der Waals surface area contributed by atoms with Gasteiger partial charge in [-0.05, 0) is 24.3 Å². The molecule has 1 aromatic rings. The van der Waals surface area contributed by atoms with Crippen molar-refractivity contribution >= 4 is 29.6 Å². The minimum absolute atomic E-state index is 0.158. The summed E-state index contributed by atoms with van der Waals surface area (Å²) in [6, 6.07) is 8.71. The van der Waals surface area contributed by atoms with Crippen LogP contribution in [0, 0.1) is 0 Å². The number of hydrogen-bond acceptors (Lipinski definition) is 7. The Morgan fingerprint density at radius 2 is 1.84 bits per heavy atom. The van der Waals surface area contributed by atoms with Crippen molar-refractivity contribution in [3.8, 4) is 0 Å². The van der Waals surface area contributed by atoms with Crippen LogP contribution in [0.15, 0.2) is 30.3 Å². The third-order valence-electron chi connectivity index (χ3n) is 4.89. The van der Waals surface area contributed by atoms with Gasteiger partial charge in [-0.1, -0.05) is 44.4 Å². The van der Waals surface area contributed by atoms with Gasteiger partial charge in [0, 0.05) is 26.8 Å². The molecule has 1 aliphatic heterocycles. The number of ether oxygens (including phenoxy) is 3. The molecule has 0 aromatic heterocycles. The molecule has 1 aromatic carbocycles. The molecule has 2 rings (SSSR count). The zero-order valence-electron chi connectivity index (χ0n) is 18.5. The minimum atomic E-state index is -0.735. The van der Waals surface area contributed by atoms with Gasteiger partial charge in [0.2, 0.25) is 5.91 Å². The zero-order chi connectivity index (χ0) is 22.6. The monoisotopic (exact) mass is 451 g/mol. The molecule has 4 atom stereocenters. The maximum Gasteiger partial charge on any atom is 0.338 e. The Balaban J connectivity index is 2.14. The SMILES string of the molecule is CCCCCCS[C@H]1O[C@H](CNC(C)=O)C[C@H](OC(C)=O)[C@@H]1OC(=O)c1ccccc1. The molecule has 8 heteroatoms. The van der Waals surface area contributed by atoms with Crippen LogP contribution in [0.5, 0.6) is 0 Å². The van der Waals surface area contributed by atoms with Crippen LogP contribution in [-0.2, 0) is 23.8 Å².